The van der Waals surface area contributed by atoms with Crippen LogP contribution in [0.15, 0.2) is 36.5 Å². The Morgan fingerprint density at radius 1 is 1.21 bits per heavy atom. The summed E-state index contributed by atoms with van der Waals surface area (Å²) in [5.74, 6) is 1.70. The van der Waals surface area contributed by atoms with Gasteiger partial charge in [-0.2, -0.15) is 0 Å². The van der Waals surface area contributed by atoms with Crippen molar-refractivity contribution in [3.05, 3.63) is 52.7 Å². The van der Waals surface area contributed by atoms with Crippen LogP contribution in [0.4, 0.5) is 5.82 Å². The number of methoxy groups -OCH3 is 2. The van der Waals surface area contributed by atoms with Crippen molar-refractivity contribution in [2.75, 3.05) is 32.2 Å². The zero-order chi connectivity index (χ0) is 20.5. The minimum Gasteiger partial charge on any atom is -0.493 e. The maximum Gasteiger partial charge on any atom is 0.244 e. The van der Waals surface area contributed by atoms with E-state index in [9.17, 15) is 4.79 Å². The van der Waals surface area contributed by atoms with Crippen LogP contribution in [-0.2, 0) is 11.3 Å². The van der Waals surface area contributed by atoms with Crippen LogP contribution in [0.1, 0.15) is 25.0 Å². The third-order valence-corrected chi connectivity index (χ3v) is 4.53. The number of rotatable bonds is 9. The van der Waals surface area contributed by atoms with Crippen LogP contribution in [0.25, 0.3) is 6.08 Å². The molecular weight excluding hydrogens is 378 g/mol. The van der Waals surface area contributed by atoms with Crippen molar-refractivity contribution in [1.82, 2.24) is 10.3 Å². The van der Waals surface area contributed by atoms with Gasteiger partial charge >= 0.3 is 0 Å². The van der Waals surface area contributed by atoms with E-state index in [0.29, 0.717) is 23.1 Å². The van der Waals surface area contributed by atoms with Crippen molar-refractivity contribution < 1.29 is 14.3 Å². The monoisotopic (exact) mass is 403 g/mol. The first kappa shape index (κ1) is 21.6. The van der Waals surface area contributed by atoms with Gasteiger partial charge in [0.2, 0.25) is 5.91 Å². The predicted octanol–water partition coefficient (Wildman–Crippen LogP) is 3.93. The summed E-state index contributed by atoms with van der Waals surface area (Å²) in [6.45, 7) is 6.41. The minimum atomic E-state index is -0.210. The molecule has 1 aromatic heterocycles. The second-order valence-electron chi connectivity index (χ2n) is 5.99. The summed E-state index contributed by atoms with van der Waals surface area (Å²) in [6.07, 6.45) is 4.91. The van der Waals surface area contributed by atoms with Crippen molar-refractivity contribution in [3.8, 4) is 11.5 Å². The number of amides is 1. The highest BCUT2D eigenvalue weighted by Crippen LogP contribution is 2.36. The molecule has 0 radical (unpaired) electrons. The lowest BCUT2D eigenvalue weighted by molar-refractivity contribution is -0.116. The Morgan fingerprint density at radius 2 is 1.96 bits per heavy atom. The SMILES string of the molecule is CCN(CC)c1ccc(CNC(=O)C=Cc2cc(Cl)c(OC)c(OC)c2)cn1. The second-order valence-corrected chi connectivity index (χ2v) is 6.39. The highest BCUT2D eigenvalue weighted by molar-refractivity contribution is 6.32. The number of aromatic nitrogens is 1. The number of anilines is 1. The molecule has 0 saturated carbocycles. The van der Waals surface area contributed by atoms with Crippen molar-refractivity contribution in [2.24, 2.45) is 0 Å². The number of hydrogen-bond acceptors (Lipinski definition) is 5. The number of carbonyl (C=O) groups excluding carboxylic acids is 1. The molecule has 0 bridgehead atoms. The van der Waals surface area contributed by atoms with Crippen LogP contribution in [0.2, 0.25) is 5.02 Å². The van der Waals surface area contributed by atoms with E-state index in [1.165, 1.54) is 20.3 Å². The predicted molar refractivity (Wildman–Crippen MR) is 113 cm³/mol. The van der Waals surface area contributed by atoms with E-state index in [1.54, 1.807) is 24.4 Å². The highest BCUT2D eigenvalue weighted by Gasteiger charge is 2.10. The van der Waals surface area contributed by atoms with E-state index in [2.05, 4.69) is 29.0 Å². The summed E-state index contributed by atoms with van der Waals surface area (Å²) in [4.78, 5) is 18.7. The summed E-state index contributed by atoms with van der Waals surface area (Å²) in [6, 6.07) is 7.40. The fraction of sp³-hybridized carbons (Fsp3) is 0.333. The Bertz CT molecular complexity index is 818. The topological polar surface area (TPSA) is 63.7 Å². The number of nitrogens with zero attached hydrogens (tertiary/aromatic N) is 2. The molecule has 1 N–H and O–H groups in total. The first-order valence-electron chi connectivity index (χ1n) is 9.09. The maximum absolute atomic E-state index is 12.1. The number of nitrogens with one attached hydrogen (secondary N) is 1. The maximum atomic E-state index is 12.1. The molecule has 0 saturated heterocycles. The van der Waals surface area contributed by atoms with Crippen LogP contribution in [0, 0.1) is 0 Å². The lowest BCUT2D eigenvalue weighted by Crippen LogP contribution is -2.23. The zero-order valence-electron chi connectivity index (χ0n) is 16.7. The number of ether oxygens (including phenoxy) is 2. The van der Waals surface area contributed by atoms with Crippen molar-refractivity contribution >= 4 is 29.4 Å². The summed E-state index contributed by atoms with van der Waals surface area (Å²) in [5.41, 5.74) is 1.68. The Hall–Kier alpha value is -2.73. The Morgan fingerprint density at radius 3 is 2.54 bits per heavy atom. The van der Waals surface area contributed by atoms with Crippen molar-refractivity contribution in [3.63, 3.8) is 0 Å². The molecule has 150 valence electrons. The van der Waals surface area contributed by atoms with Crippen molar-refractivity contribution in [2.45, 2.75) is 20.4 Å². The third kappa shape index (κ3) is 5.63. The van der Waals surface area contributed by atoms with E-state index in [0.717, 1.165) is 30.0 Å². The van der Waals surface area contributed by atoms with Gasteiger partial charge in [-0.25, -0.2) is 4.98 Å². The molecule has 6 nitrogen and oxygen atoms in total. The summed E-state index contributed by atoms with van der Waals surface area (Å²) < 4.78 is 10.5. The molecule has 1 heterocycles. The average molecular weight is 404 g/mol. The molecule has 0 fully saturated rings. The third-order valence-electron chi connectivity index (χ3n) is 4.25. The molecule has 0 unspecified atom stereocenters. The number of hydrogen-bond donors (Lipinski definition) is 1. The molecule has 28 heavy (non-hydrogen) atoms. The van der Waals surface area contributed by atoms with E-state index >= 15 is 0 Å². The summed E-state index contributed by atoms with van der Waals surface area (Å²) in [5, 5.41) is 3.26. The molecule has 0 aliphatic heterocycles. The fourth-order valence-corrected chi connectivity index (χ4v) is 3.01. The van der Waals surface area contributed by atoms with Gasteiger partial charge in [0.25, 0.3) is 0 Å². The quantitative estimate of drug-likeness (QED) is 0.643. The molecule has 1 aromatic carbocycles. The molecule has 0 aliphatic carbocycles. The van der Waals surface area contributed by atoms with Crippen LogP contribution in [0.3, 0.4) is 0 Å². The van der Waals surface area contributed by atoms with Gasteiger partial charge in [0.05, 0.1) is 19.2 Å². The second kappa shape index (κ2) is 10.6. The van der Waals surface area contributed by atoms with Crippen LogP contribution < -0.4 is 19.7 Å². The Kier molecular flexibility index (Phi) is 8.14. The van der Waals surface area contributed by atoms with Gasteiger partial charge in [0.15, 0.2) is 11.5 Å². The van der Waals surface area contributed by atoms with Gasteiger partial charge < -0.3 is 19.7 Å². The summed E-state index contributed by atoms with van der Waals surface area (Å²) >= 11 is 6.18. The van der Waals surface area contributed by atoms with E-state index in [4.69, 9.17) is 21.1 Å². The lowest BCUT2D eigenvalue weighted by Gasteiger charge is -2.19. The zero-order valence-corrected chi connectivity index (χ0v) is 17.4. The van der Waals surface area contributed by atoms with Gasteiger partial charge in [0.1, 0.15) is 5.82 Å². The van der Waals surface area contributed by atoms with E-state index in [1.807, 2.05) is 12.1 Å². The molecule has 2 aromatic rings. The lowest BCUT2D eigenvalue weighted by atomic mass is 10.2. The first-order chi connectivity index (χ1) is 13.5. The minimum absolute atomic E-state index is 0.210. The Labute approximate surface area is 171 Å². The molecule has 2 rings (SSSR count). The highest BCUT2D eigenvalue weighted by atomic mass is 35.5. The number of halogens is 1. The number of benzene rings is 1. The molecule has 0 spiro atoms. The standard InChI is InChI=1S/C21H26ClN3O3/c1-5-25(6-2)19-9-7-16(13-23-19)14-24-20(26)10-8-15-11-17(22)21(28-4)18(12-15)27-3/h7-13H,5-6,14H2,1-4H3,(H,24,26). The summed E-state index contributed by atoms with van der Waals surface area (Å²) in [7, 11) is 3.06. The van der Waals surface area contributed by atoms with Gasteiger partial charge in [-0.05, 0) is 49.2 Å². The van der Waals surface area contributed by atoms with Gasteiger partial charge in [-0.3, -0.25) is 4.79 Å². The van der Waals surface area contributed by atoms with Crippen LogP contribution >= 0.6 is 11.6 Å². The van der Waals surface area contributed by atoms with Crippen LogP contribution in [0.5, 0.6) is 11.5 Å². The van der Waals surface area contributed by atoms with Gasteiger partial charge in [-0.15, -0.1) is 0 Å². The smallest absolute Gasteiger partial charge is 0.244 e. The van der Waals surface area contributed by atoms with E-state index in [-0.39, 0.29) is 5.91 Å². The largest absolute Gasteiger partial charge is 0.493 e. The van der Waals surface area contributed by atoms with Crippen LogP contribution in [-0.4, -0.2) is 38.2 Å². The molecule has 0 aliphatic rings. The molecule has 0 atom stereocenters. The number of pyridine rings is 1. The van der Waals surface area contributed by atoms with E-state index < -0.39 is 0 Å². The van der Waals surface area contributed by atoms with Gasteiger partial charge in [-0.1, -0.05) is 17.7 Å². The number of carbonyl (C=O) groups is 1. The Balaban J connectivity index is 1.96. The fourth-order valence-electron chi connectivity index (χ4n) is 2.71. The van der Waals surface area contributed by atoms with Gasteiger partial charge in [0, 0.05) is 31.9 Å². The molecular formula is C21H26ClN3O3. The molecule has 7 heteroatoms. The average Bonchev–Trinajstić information content (AvgIpc) is 2.72. The van der Waals surface area contributed by atoms with Crippen molar-refractivity contribution in [1.29, 1.82) is 0 Å². The molecule has 1 amide bonds. The first-order valence-corrected chi connectivity index (χ1v) is 9.47. The normalized spacial score (nSPS) is 10.8.